The Morgan fingerprint density at radius 1 is 1.33 bits per heavy atom. The molecule has 0 saturated carbocycles. The highest BCUT2D eigenvalue weighted by Crippen LogP contribution is 2.35. The van der Waals surface area contributed by atoms with Crippen molar-refractivity contribution in [3.05, 3.63) is 18.2 Å². The lowest BCUT2D eigenvalue weighted by Gasteiger charge is -2.18. The summed E-state index contributed by atoms with van der Waals surface area (Å²) in [4.78, 5) is 2.21. The highest BCUT2D eigenvalue weighted by Gasteiger charge is 2.14. The molecule has 4 heteroatoms. The fraction of sp³-hybridized carbons (Fsp3) is 0.455. The lowest BCUT2D eigenvalue weighted by Crippen LogP contribution is -2.18. The summed E-state index contributed by atoms with van der Waals surface area (Å²) in [5.74, 6) is 1.69. The highest BCUT2D eigenvalue weighted by atomic mass is 79.9. The quantitative estimate of drug-likeness (QED) is 0.786. The zero-order valence-electron chi connectivity index (χ0n) is 8.70. The van der Waals surface area contributed by atoms with Gasteiger partial charge in [0.25, 0.3) is 0 Å². The SMILES string of the molecule is CN(CCCBr)c1ccc2c(c1)OCO2. The van der Waals surface area contributed by atoms with E-state index in [-0.39, 0.29) is 0 Å². The van der Waals surface area contributed by atoms with Gasteiger partial charge in [0.05, 0.1) is 0 Å². The van der Waals surface area contributed by atoms with Crippen LogP contribution in [0.3, 0.4) is 0 Å². The molecule has 0 aromatic heterocycles. The first-order valence-corrected chi connectivity index (χ1v) is 6.10. The van der Waals surface area contributed by atoms with E-state index in [0.717, 1.165) is 29.8 Å². The second-order valence-corrected chi connectivity index (χ2v) is 4.29. The number of hydrogen-bond donors (Lipinski definition) is 0. The van der Waals surface area contributed by atoms with E-state index < -0.39 is 0 Å². The van der Waals surface area contributed by atoms with E-state index in [1.807, 2.05) is 12.1 Å². The third-order valence-corrected chi connectivity index (χ3v) is 2.98. The number of hydrogen-bond acceptors (Lipinski definition) is 3. The van der Waals surface area contributed by atoms with Crippen LogP contribution in [-0.4, -0.2) is 25.7 Å². The number of rotatable bonds is 4. The van der Waals surface area contributed by atoms with Gasteiger partial charge in [0, 0.05) is 30.7 Å². The summed E-state index contributed by atoms with van der Waals surface area (Å²) in [6.07, 6.45) is 1.13. The molecular weight excluding hydrogens is 258 g/mol. The molecule has 15 heavy (non-hydrogen) atoms. The molecule has 1 aromatic carbocycles. The van der Waals surface area contributed by atoms with E-state index in [1.165, 1.54) is 5.69 Å². The Kier molecular flexibility index (Phi) is 3.36. The smallest absolute Gasteiger partial charge is 0.231 e. The number of halogens is 1. The molecule has 0 spiro atoms. The van der Waals surface area contributed by atoms with Crippen LogP contribution in [0.4, 0.5) is 5.69 Å². The molecule has 1 aromatic rings. The van der Waals surface area contributed by atoms with E-state index in [9.17, 15) is 0 Å². The molecule has 0 amide bonds. The van der Waals surface area contributed by atoms with Gasteiger partial charge < -0.3 is 14.4 Å². The topological polar surface area (TPSA) is 21.7 Å². The molecule has 0 aliphatic carbocycles. The van der Waals surface area contributed by atoms with Gasteiger partial charge in [0.1, 0.15) is 0 Å². The van der Waals surface area contributed by atoms with Crippen molar-refractivity contribution in [3.63, 3.8) is 0 Å². The van der Waals surface area contributed by atoms with Crippen LogP contribution in [0.25, 0.3) is 0 Å². The van der Waals surface area contributed by atoms with E-state index in [4.69, 9.17) is 9.47 Å². The van der Waals surface area contributed by atoms with Gasteiger partial charge in [0.15, 0.2) is 11.5 Å². The fourth-order valence-electron chi connectivity index (χ4n) is 1.55. The zero-order chi connectivity index (χ0) is 10.7. The van der Waals surface area contributed by atoms with Crippen molar-refractivity contribution in [1.82, 2.24) is 0 Å². The van der Waals surface area contributed by atoms with Crippen molar-refractivity contribution in [2.45, 2.75) is 6.42 Å². The van der Waals surface area contributed by atoms with Gasteiger partial charge in [-0.05, 0) is 18.6 Å². The van der Waals surface area contributed by atoms with Crippen LogP contribution in [0.1, 0.15) is 6.42 Å². The van der Waals surface area contributed by atoms with Gasteiger partial charge in [-0.1, -0.05) is 15.9 Å². The average Bonchev–Trinajstić information content (AvgIpc) is 2.72. The normalized spacial score (nSPS) is 12.9. The number of anilines is 1. The molecule has 82 valence electrons. The minimum Gasteiger partial charge on any atom is -0.454 e. The van der Waals surface area contributed by atoms with Crippen molar-refractivity contribution < 1.29 is 9.47 Å². The first-order chi connectivity index (χ1) is 7.31. The Bertz CT molecular complexity index is 343. The minimum atomic E-state index is 0.337. The molecule has 0 bridgehead atoms. The average molecular weight is 272 g/mol. The second kappa shape index (κ2) is 4.75. The van der Waals surface area contributed by atoms with Crippen molar-refractivity contribution in [2.75, 3.05) is 30.6 Å². The minimum absolute atomic E-state index is 0.337. The summed E-state index contributed by atoms with van der Waals surface area (Å²) >= 11 is 3.43. The molecule has 0 atom stereocenters. The summed E-state index contributed by atoms with van der Waals surface area (Å²) in [5, 5.41) is 1.03. The number of ether oxygens (including phenoxy) is 2. The Labute approximate surface area is 98.1 Å². The van der Waals surface area contributed by atoms with Gasteiger partial charge in [-0.15, -0.1) is 0 Å². The van der Waals surface area contributed by atoms with Gasteiger partial charge >= 0.3 is 0 Å². The largest absolute Gasteiger partial charge is 0.454 e. The fourth-order valence-corrected chi connectivity index (χ4v) is 1.80. The van der Waals surface area contributed by atoms with Crippen molar-refractivity contribution in [3.8, 4) is 11.5 Å². The number of alkyl halides is 1. The Hall–Kier alpha value is -0.900. The summed E-state index contributed by atoms with van der Waals surface area (Å²) in [6, 6.07) is 6.04. The summed E-state index contributed by atoms with van der Waals surface area (Å²) in [5.41, 5.74) is 1.17. The van der Waals surface area contributed by atoms with Gasteiger partial charge in [-0.2, -0.15) is 0 Å². The van der Waals surface area contributed by atoms with Crippen LogP contribution >= 0.6 is 15.9 Å². The van der Waals surface area contributed by atoms with Crippen LogP contribution in [0.15, 0.2) is 18.2 Å². The molecule has 1 heterocycles. The lowest BCUT2D eigenvalue weighted by molar-refractivity contribution is 0.174. The molecule has 0 saturated heterocycles. The van der Waals surface area contributed by atoms with Crippen molar-refractivity contribution in [1.29, 1.82) is 0 Å². The number of nitrogens with zero attached hydrogens (tertiary/aromatic N) is 1. The van der Waals surface area contributed by atoms with Gasteiger partial charge in [0.2, 0.25) is 6.79 Å². The Morgan fingerprint density at radius 2 is 2.13 bits per heavy atom. The predicted octanol–water partition coefficient (Wildman–Crippen LogP) is 2.64. The third kappa shape index (κ3) is 2.37. The summed E-state index contributed by atoms with van der Waals surface area (Å²) in [6.45, 7) is 1.37. The predicted molar refractivity (Wildman–Crippen MR) is 64.2 cm³/mol. The Balaban J connectivity index is 2.08. The van der Waals surface area contributed by atoms with Crippen LogP contribution in [0.5, 0.6) is 11.5 Å². The van der Waals surface area contributed by atoms with E-state index in [2.05, 4.69) is 33.9 Å². The summed E-state index contributed by atoms with van der Waals surface area (Å²) in [7, 11) is 2.08. The molecule has 3 nitrogen and oxygen atoms in total. The molecule has 0 fully saturated rings. The van der Waals surface area contributed by atoms with Crippen molar-refractivity contribution >= 4 is 21.6 Å². The van der Waals surface area contributed by atoms with Crippen LogP contribution < -0.4 is 14.4 Å². The summed E-state index contributed by atoms with van der Waals surface area (Å²) < 4.78 is 10.6. The molecule has 0 N–H and O–H groups in total. The molecule has 1 aliphatic heterocycles. The van der Waals surface area contributed by atoms with E-state index in [0.29, 0.717) is 6.79 Å². The second-order valence-electron chi connectivity index (χ2n) is 3.50. The van der Waals surface area contributed by atoms with Crippen LogP contribution in [0, 0.1) is 0 Å². The van der Waals surface area contributed by atoms with Gasteiger partial charge in [-0.25, -0.2) is 0 Å². The van der Waals surface area contributed by atoms with Crippen LogP contribution in [0.2, 0.25) is 0 Å². The molecule has 1 aliphatic rings. The third-order valence-electron chi connectivity index (χ3n) is 2.42. The van der Waals surface area contributed by atoms with Gasteiger partial charge in [-0.3, -0.25) is 0 Å². The maximum absolute atomic E-state index is 5.34. The standard InChI is InChI=1S/C11H14BrNO2/c1-13(6-2-5-12)9-3-4-10-11(7-9)15-8-14-10/h3-4,7H,2,5-6,8H2,1H3. The molecular formula is C11H14BrNO2. The molecule has 0 radical (unpaired) electrons. The monoisotopic (exact) mass is 271 g/mol. The van der Waals surface area contributed by atoms with E-state index >= 15 is 0 Å². The maximum atomic E-state index is 5.34. The maximum Gasteiger partial charge on any atom is 0.231 e. The zero-order valence-corrected chi connectivity index (χ0v) is 10.3. The number of benzene rings is 1. The Morgan fingerprint density at radius 3 is 2.93 bits per heavy atom. The van der Waals surface area contributed by atoms with Crippen LogP contribution in [-0.2, 0) is 0 Å². The van der Waals surface area contributed by atoms with E-state index in [1.54, 1.807) is 0 Å². The number of fused-ring (bicyclic) bond motifs is 1. The highest BCUT2D eigenvalue weighted by molar-refractivity contribution is 9.09. The van der Waals surface area contributed by atoms with Crippen molar-refractivity contribution in [2.24, 2.45) is 0 Å². The first kappa shape index (κ1) is 10.6. The molecule has 2 rings (SSSR count). The molecule has 0 unspecified atom stereocenters. The lowest BCUT2D eigenvalue weighted by atomic mass is 10.2. The first-order valence-electron chi connectivity index (χ1n) is 4.98.